The van der Waals surface area contributed by atoms with E-state index in [4.69, 9.17) is 0 Å². The van der Waals surface area contributed by atoms with Gasteiger partial charge in [-0.05, 0) is 24.3 Å². The maximum atomic E-state index is 13.8. The van der Waals surface area contributed by atoms with Crippen molar-refractivity contribution in [2.75, 3.05) is 18.0 Å². The van der Waals surface area contributed by atoms with Gasteiger partial charge in [0.25, 0.3) is 0 Å². The van der Waals surface area contributed by atoms with Crippen molar-refractivity contribution in [2.24, 2.45) is 5.92 Å². The topological polar surface area (TPSA) is 73.9 Å². The maximum absolute atomic E-state index is 13.8. The standard InChI is InChI=1S/C19H16FN5OS/c20-12-4-3-7-15-17(12)24-19(27-15)25-9-11(10-25)18(26)21-8-16-22-13-5-1-2-6-14(13)23-16/h1-7,11H,8-10H2,(H,21,26)(H,22,23). The number of amides is 1. The Morgan fingerprint density at radius 3 is 2.89 bits per heavy atom. The first-order valence-corrected chi connectivity index (χ1v) is 9.50. The van der Waals surface area contributed by atoms with E-state index in [1.807, 2.05) is 35.2 Å². The van der Waals surface area contributed by atoms with Gasteiger partial charge in [0.1, 0.15) is 17.2 Å². The highest BCUT2D eigenvalue weighted by Crippen LogP contribution is 2.33. The fraction of sp³-hybridized carbons (Fsp3) is 0.211. The van der Waals surface area contributed by atoms with Gasteiger partial charge in [-0.1, -0.05) is 29.5 Å². The highest BCUT2D eigenvalue weighted by Gasteiger charge is 2.34. The molecule has 1 aliphatic heterocycles. The van der Waals surface area contributed by atoms with E-state index in [1.165, 1.54) is 17.4 Å². The number of halogens is 1. The summed E-state index contributed by atoms with van der Waals surface area (Å²) in [6, 6.07) is 12.7. The van der Waals surface area contributed by atoms with E-state index in [2.05, 4.69) is 20.3 Å². The number of nitrogens with one attached hydrogen (secondary N) is 2. The number of nitrogens with zero attached hydrogens (tertiary/aromatic N) is 3. The number of rotatable bonds is 4. The Labute approximate surface area is 158 Å². The summed E-state index contributed by atoms with van der Waals surface area (Å²) in [5, 5.41) is 3.69. The molecule has 1 saturated heterocycles. The predicted octanol–water partition coefficient (Wildman–Crippen LogP) is 3.06. The van der Waals surface area contributed by atoms with Crippen molar-refractivity contribution < 1.29 is 9.18 Å². The molecule has 2 aromatic carbocycles. The number of benzene rings is 2. The van der Waals surface area contributed by atoms with Gasteiger partial charge in [0.15, 0.2) is 5.13 Å². The number of hydrogen-bond acceptors (Lipinski definition) is 5. The largest absolute Gasteiger partial charge is 0.349 e. The van der Waals surface area contributed by atoms with Crippen LogP contribution in [-0.2, 0) is 11.3 Å². The van der Waals surface area contributed by atoms with Crippen LogP contribution in [0.4, 0.5) is 9.52 Å². The van der Waals surface area contributed by atoms with Gasteiger partial charge in [0.2, 0.25) is 5.91 Å². The van der Waals surface area contributed by atoms with E-state index >= 15 is 0 Å². The molecule has 0 spiro atoms. The predicted molar refractivity (Wildman–Crippen MR) is 103 cm³/mol. The van der Waals surface area contributed by atoms with Crippen molar-refractivity contribution in [3.05, 3.63) is 54.1 Å². The zero-order valence-electron chi connectivity index (χ0n) is 14.3. The van der Waals surface area contributed by atoms with Crippen molar-refractivity contribution >= 4 is 43.6 Å². The zero-order chi connectivity index (χ0) is 18.4. The number of aromatic nitrogens is 3. The molecule has 1 aliphatic rings. The number of hydrogen-bond donors (Lipinski definition) is 2. The van der Waals surface area contributed by atoms with E-state index in [-0.39, 0.29) is 17.6 Å². The molecule has 2 N–H and O–H groups in total. The van der Waals surface area contributed by atoms with Gasteiger partial charge in [0.05, 0.1) is 28.2 Å². The number of carbonyl (C=O) groups is 1. The lowest BCUT2D eigenvalue weighted by atomic mass is 10.0. The van der Waals surface area contributed by atoms with Crippen LogP contribution in [0.5, 0.6) is 0 Å². The summed E-state index contributed by atoms with van der Waals surface area (Å²) < 4.78 is 14.6. The Balaban J connectivity index is 1.19. The molecule has 8 heteroatoms. The number of H-pyrrole nitrogens is 1. The molecule has 2 aromatic heterocycles. The average molecular weight is 381 g/mol. The Morgan fingerprint density at radius 2 is 2.07 bits per heavy atom. The Kier molecular flexibility index (Phi) is 3.78. The summed E-state index contributed by atoms with van der Waals surface area (Å²) in [4.78, 5) is 26.4. The zero-order valence-corrected chi connectivity index (χ0v) is 15.1. The van der Waals surface area contributed by atoms with Crippen LogP contribution in [0, 0.1) is 11.7 Å². The minimum Gasteiger partial charge on any atom is -0.349 e. The molecule has 4 aromatic rings. The summed E-state index contributed by atoms with van der Waals surface area (Å²) in [6.07, 6.45) is 0. The third-order valence-electron chi connectivity index (χ3n) is 4.75. The second-order valence-corrected chi connectivity index (χ2v) is 7.61. The normalized spacial score (nSPS) is 14.6. The van der Waals surface area contributed by atoms with Crippen molar-refractivity contribution in [2.45, 2.75) is 6.54 Å². The molecule has 0 saturated carbocycles. The quantitative estimate of drug-likeness (QED) is 0.570. The summed E-state index contributed by atoms with van der Waals surface area (Å²) in [6.45, 7) is 1.55. The van der Waals surface area contributed by atoms with Crippen LogP contribution < -0.4 is 10.2 Å². The van der Waals surface area contributed by atoms with Crippen molar-refractivity contribution in [3.8, 4) is 0 Å². The van der Waals surface area contributed by atoms with E-state index in [1.54, 1.807) is 6.07 Å². The monoisotopic (exact) mass is 381 g/mol. The van der Waals surface area contributed by atoms with Crippen LogP contribution in [0.2, 0.25) is 0 Å². The molecular formula is C19H16FN5OS. The molecule has 5 rings (SSSR count). The lowest BCUT2D eigenvalue weighted by Crippen LogP contribution is -2.53. The number of aromatic amines is 1. The molecule has 27 heavy (non-hydrogen) atoms. The molecule has 0 unspecified atom stereocenters. The third-order valence-corrected chi connectivity index (χ3v) is 5.83. The molecule has 3 heterocycles. The molecule has 0 aliphatic carbocycles. The Hall–Kier alpha value is -3.00. The fourth-order valence-corrected chi connectivity index (χ4v) is 4.24. The number of thiazole rings is 1. The fourth-order valence-electron chi connectivity index (χ4n) is 3.24. The summed E-state index contributed by atoms with van der Waals surface area (Å²) in [5.74, 6) is 0.336. The average Bonchev–Trinajstić information content (AvgIpc) is 3.23. The minimum atomic E-state index is -0.310. The summed E-state index contributed by atoms with van der Waals surface area (Å²) in [5.41, 5.74) is 2.24. The van der Waals surface area contributed by atoms with Crippen LogP contribution >= 0.6 is 11.3 Å². The molecule has 6 nitrogen and oxygen atoms in total. The van der Waals surface area contributed by atoms with E-state index in [0.717, 1.165) is 26.7 Å². The van der Waals surface area contributed by atoms with Gasteiger partial charge < -0.3 is 15.2 Å². The number of fused-ring (bicyclic) bond motifs is 2. The Morgan fingerprint density at radius 1 is 1.22 bits per heavy atom. The maximum Gasteiger partial charge on any atom is 0.227 e. The first kappa shape index (κ1) is 16.2. The SMILES string of the molecule is O=C(NCc1nc2ccccc2[nH]1)C1CN(c2nc3c(F)cccc3s2)C1. The number of anilines is 1. The lowest BCUT2D eigenvalue weighted by Gasteiger charge is -2.37. The highest BCUT2D eigenvalue weighted by atomic mass is 32.1. The highest BCUT2D eigenvalue weighted by molar-refractivity contribution is 7.22. The summed E-state index contributed by atoms with van der Waals surface area (Å²) in [7, 11) is 0. The smallest absolute Gasteiger partial charge is 0.227 e. The number of carbonyl (C=O) groups excluding carboxylic acids is 1. The van der Waals surface area contributed by atoms with Gasteiger partial charge in [-0.15, -0.1) is 0 Å². The first-order chi connectivity index (χ1) is 13.2. The van der Waals surface area contributed by atoms with Gasteiger partial charge in [-0.25, -0.2) is 14.4 Å². The minimum absolute atomic E-state index is 0.000928. The van der Waals surface area contributed by atoms with Crippen molar-refractivity contribution in [1.29, 1.82) is 0 Å². The first-order valence-electron chi connectivity index (χ1n) is 8.69. The van der Waals surface area contributed by atoms with Crippen LogP contribution in [0.3, 0.4) is 0 Å². The number of imidazole rings is 1. The third kappa shape index (κ3) is 2.91. The van der Waals surface area contributed by atoms with Gasteiger partial charge in [-0.3, -0.25) is 4.79 Å². The van der Waals surface area contributed by atoms with Crippen LogP contribution in [-0.4, -0.2) is 33.9 Å². The number of para-hydroxylation sites is 3. The van der Waals surface area contributed by atoms with E-state index < -0.39 is 0 Å². The van der Waals surface area contributed by atoms with E-state index in [9.17, 15) is 9.18 Å². The molecular weight excluding hydrogens is 365 g/mol. The molecule has 0 radical (unpaired) electrons. The summed E-state index contributed by atoms with van der Waals surface area (Å²) >= 11 is 1.45. The second kappa shape index (κ2) is 6.31. The second-order valence-electron chi connectivity index (χ2n) is 6.60. The Bertz CT molecular complexity index is 1110. The van der Waals surface area contributed by atoms with Crippen LogP contribution in [0.25, 0.3) is 21.3 Å². The lowest BCUT2D eigenvalue weighted by molar-refractivity contribution is -0.125. The van der Waals surface area contributed by atoms with Gasteiger partial charge >= 0.3 is 0 Å². The molecule has 1 fully saturated rings. The van der Waals surface area contributed by atoms with Crippen molar-refractivity contribution in [3.63, 3.8) is 0 Å². The van der Waals surface area contributed by atoms with Crippen LogP contribution in [0.1, 0.15) is 5.82 Å². The molecule has 0 bridgehead atoms. The van der Waals surface area contributed by atoms with E-state index in [0.29, 0.717) is 25.2 Å². The van der Waals surface area contributed by atoms with Crippen LogP contribution in [0.15, 0.2) is 42.5 Å². The molecule has 1 amide bonds. The van der Waals surface area contributed by atoms with Crippen molar-refractivity contribution in [1.82, 2.24) is 20.3 Å². The molecule has 136 valence electrons. The molecule has 0 atom stereocenters. The van der Waals surface area contributed by atoms with Gasteiger partial charge in [-0.2, -0.15) is 0 Å². The van der Waals surface area contributed by atoms with Gasteiger partial charge in [0, 0.05) is 13.1 Å².